The van der Waals surface area contributed by atoms with Crippen LogP contribution in [0.2, 0.25) is 5.02 Å². The second-order valence-corrected chi connectivity index (χ2v) is 5.18. The van der Waals surface area contributed by atoms with Crippen LogP contribution in [-0.2, 0) is 0 Å². The van der Waals surface area contributed by atoms with Crippen molar-refractivity contribution in [3.8, 4) is 11.5 Å². The van der Waals surface area contributed by atoms with Crippen molar-refractivity contribution >= 4 is 28.2 Å². The fourth-order valence-electron chi connectivity index (χ4n) is 2.26. The Morgan fingerprint density at radius 2 is 1.90 bits per heavy atom. The molecule has 0 fully saturated rings. The number of rotatable bonds is 3. The van der Waals surface area contributed by atoms with E-state index in [0.29, 0.717) is 10.8 Å². The minimum absolute atomic E-state index is 0.591. The van der Waals surface area contributed by atoms with Crippen LogP contribution >= 0.6 is 11.6 Å². The molecule has 2 aromatic carbocycles. The minimum atomic E-state index is 0.591. The highest BCUT2D eigenvalue weighted by atomic mass is 35.5. The molecule has 0 spiro atoms. The molecule has 1 N–H and O–H groups in total. The molecule has 3 rings (SSSR count). The number of halogens is 1. The van der Waals surface area contributed by atoms with E-state index in [1.807, 2.05) is 62.5 Å². The molecule has 0 aliphatic carbocycles. The lowest BCUT2D eigenvalue weighted by Crippen LogP contribution is -1.94. The maximum Gasteiger partial charge on any atom is 0.146 e. The van der Waals surface area contributed by atoms with Gasteiger partial charge in [0.1, 0.15) is 11.5 Å². The molecule has 4 heteroatoms. The molecule has 0 aliphatic heterocycles. The first-order valence-corrected chi connectivity index (χ1v) is 7.07. The number of aromatic nitrogens is 1. The Labute approximate surface area is 128 Å². The van der Waals surface area contributed by atoms with Gasteiger partial charge in [-0.15, -0.1) is 0 Å². The number of pyridine rings is 1. The maximum atomic E-state index is 6.12. The van der Waals surface area contributed by atoms with Gasteiger partial charge in [-0.2, -0.15) is 0 Å². The molecule has 0 bridgehead atoms. The van der Waals surface area contributed by atoms with E-state index in [2.05, 4.69) is 10.3 Å². The van der Waals surface area contributed by atoms with Gasteiger partial charge >= 0.3 is 0 Å². The van der Waals surface area contributed by atoms with Gasteiger partial charge in [-0.25, -0.2) is 0 Å². The van der Waals surface area contributed by atoms with Crippen LogP contribution in [0.4, 0.5) is 5.69 Å². The van der Waals surface area contributed by atoms with Crippen molar-refractivity contribution in [2.24, 2.45) is 0 Å². The summed E-state index contributed by atoms with van der Waals surface area (Å²) in [7, 11) is 1.90. The van der Waals surface area contributed by atoms with Gasteiger partial charge in [-0.05, 0) is 43.3 Å². The highest BCUT2D eigenvalue weighted by Crippen LogP contribution is 2.32. The van der Waals surface area contributed by atoms with Crippen LogP contribution in [0.5, 0.6) is 11.5 Å². The zero-order chi connectivity index (χ0) is 14.8. The van der Waals surface area contributed by atoms with Crippen LogP contribution in [0, 0.1) is 6.92 Å². The molecule has 21 heavy (non-hydrogen) atoms. The molecular weight excluding hydrogens is 284 g/mol. The molecule has 0 saturated carbocycles. The fraction of sp³-hybridized carbons (Fsp3) is 0.118. The van der Waals surface area contributed by atoms with Crippen molar-refractivity contribution in [1.82, 2.24) is 4.98 Å². The zero-order valence-corrected chi connectivity index (χ0v) is 12.6. The highest BCUT2D eigenvalue weighted by molar-refractivity contribution is 6.32. The molecule has 0 amide bonds. The first-order chi connectivity index (χ1) is 10.2. The fourth-order valence-corrected chi connectivity index (χ4v) is 2.44. The van der Waals surface area contributed by atoms with Gasteiger partial charge < -0.3 is 10.1 Å². The van der Waals surface area contributed by atoms with Crippen molar-refractivity contribution in [1.29, 1.82) is 0 Å². The number of benzene rings is 2. The second-order valence-electron chi connectivity index (χ2n) is 4.77. The third-order valence-corrected chi connectivity index (χ3v) is 3.55. The van der Waals surface area contributed by atoms with E-state index in [1.54, 1.807) is 0 Å². The standard InChI is InChI=1S/C17H15ClN2O/c1-11-9-16(19-2)13-10-12(7-8-15(13)20-11)21-17-6-4-3-5-14(17)18/h3-10H,1-2H3,(H,19,20). The number of hydrogen-bond acceptors (Lipinski definition) is 3. The summed E-state index contributed by atoms with van der Waals surface area (Å²) in [6, 6.07) is 15.3. The Morgan fingerprint density at radius 3 is 2.67 bits per heavy atom. The van der Waals surface area contributed by atoms with Gasteiger partial charge in [0, 0.05) is 23.8 Å². The Kier molecular flexibility index (Phi) is 3.67. The Hall–Kier alpha value is -2.26. The van der Waals surface area contributed by atoms with Crippen molar-refractivity contribution in [2.45, 2.75) is 6.92 Å². The topological polar surface area (TPSA) is 34.2 Å². The predicted octanol–water partition coefficient (Wildman–Crippen LogP) is 5.03. The summed E-state index contributed by atoms with van der Waals surface area (Å²) in [6.07, 6.45) is 0. The van der Waals surface area contributed by atoms with E-state index in [0.717, 1.165) is 28.0 Å². The maximum absolute atomic E-state index is 6.12. The predicted molar refractivity (Wildman–Crippen MR) is 87.6 cm³/mol. The van der Waals surface area contributed by atoms with Crippen molar-refractivity contribution < 1.29 is 4.74 Å². The summed E-state index contributed by atoms with van der Waals surface area (Å²) in [4.78, 5) is 4.53. The highest BCUT2D eigenvalue weighted by Gasteiger charge is 2.07. The molecule has 1 aromatic heterocycles. The van der Waals surface area contributed by atoms with Crippen LogP contribution in [0.25, 0.3) is 10.9 Å². The molecular formula is C17H15ClN2O. The number of anilines is 1. The van der Waals surface area contributed by atoms with Crippen LogP contribution in [0.1, 0.15) is 5.69 Å². The number of nitrogens with one attached hydrogen (secondary N) is 1. The lowest BCUT2D eigenvalue weighted by molar-refractivity contribution is 0.483. The number of nitrogens with zero attached hydrogens (tertiary/aromatic N) is 1. The monoisotopic (exact) mass is 298 g/mol. The largest absolute Gasteiger partial charge is 0.456 e. The first-order valence-electron chi connectivity index (χ1n) is 6.69. The lowest BCUT2D eigenvalue weighted by Gasteiger charge is -2.11. The molecule has 1 heterocycles. The van der Waals surface area contributed by atoms with Gasteiger partial charge in [0.25, 0.3) is 0 Å². The summed E-state index contributed by atoms with van der Waals surface area (Å²) in [6.45, 7) is 1.98. The number of hydrogen-bond donors (Lipinski definition) is 1. The zero-order valence-electron chi connectivity index (χ0n) is 11.9. The Morgan fingerprint density at radius 1 is 1.10 bits per heavy atom. The van der Waals surface area contributed by atoms with E-state index < -0.39 is 0 Å². The van der Waals surface area contributed by atoms with E-state index >= 15 is 0 Å². The Bertz CT molecular complexity index is 802. The molecule has 106 valence electrons. The average molecular weight is 299 g/mol. The van der Waals surface area contributed by atoms with Crippen molar-refractivity contribution in [2.75, 3.05) is 12.4 Å². The molecule has 0 aliphatic rings. The summed E-state index contributed by atoms with van der Waals surface area (Å²) in [5.74, 6) is 1.38. The molecule has 3 aromatic rings. The van der Waals surface area contributed by atoms with Gasteiger partial charge in [-0.3, -0.25) is 4.98 Å². The smallest absolute Gasteiger partial charge is 0.146 e. The third-order valence-electron chi connectivity index (χ3n) is 3.24. The first kappa shape index (κ1) is 13.7. The van der Waals surface area contributed by atoms with Crippen LogP contribution in [0.3, 0.4) is 0 Å². The number of aryl methyl sites for hydroxylation is 1. The van der Waals surface area contributed by atoms with Crippen LogP contribution < -0.4 is 10.1 Å². The molecule has 0 saturated heterocycles. The molecule has 3 nitrogen and oxygen atoms in total. The quantitative estimate of drug-likeness (QED) is 0.736. The lowest BCUT2D eigenvalue weighted by atomic mass is 10.1. The summed E-state index contributed by atoms with van der Waals surface area (Å²) >= 11 is 6.12. The van der Waals surface area contributed by atoms with E-state index in [4.69, 9.17) is 16.3 Å². The number of ether oxygens (including phenoxy) is 1. The average Bonchev–Trinajstić information content (AvgIpc) is 2.49. The van der Waals surface area contributed by atoms with Crippen molar-refractivity contribution in [3.05, 3.63) is 59.2 Å². The normalized spacial score (nSPS) is 10.6. The van der Waals surface area contributed by atoms with Gasteiger partial charge in [0.05, 0.1) is 10.5 Å². The van der Waals surface area contributed by atoms with Crippen LogP contribution in [-0.4, -0.2) is 12.0 Å². The van der Waals surface area contributed by atoms with Crippen LogP contribution in [0.15, 0.2) is 48.5 Å². The van der Waals surface area contributed by atoms with E-state index in [9.17, 15) is 0 Å². The minimum Gasteiger partial charge on any atom is -0.456 e. The van der Waals surface area contributed by atoms with Crippen molar-refractivity contribution in [3.63, 3.8) is 0 Å². The molecule has 0 unspecified atom stereocenters. The SMILES string of the molecule is CNc1cc(C)nc2ccc(Oc3ccccc3Cl)cc12. The number of para-hydroxylation sites is 1. The summed E-state index contributed by atoms with van der Waals surface area (Å²) in [5, 5.41) is 4.80. The summed E-state index contributed by atoms with van der Waals surface area (Å²) < 4.78 is 5.86. The number of fused-ring (bicyclic) bond motifs is 1. The van der Waals surface area contributed by atoms with Gasteiger partial charge in [0.15, 0.2) is 0 Å². The van der Waals surface area contributed by atoms with E-state index in [1.165, 1.54) is 0 Å². The Balaban J connectivity index is 2.05. The second kappa shape index (κ2) is 5.62. The molecule has 0 radical (unpaired) electrons. The molecule has 0 atom stereocenters. The van der Waals surface area contributed by atoms with Gasteiger partial charge in [0.2, 0.25) is 0 Å². The summed E-state index contributed by atoms with van der Waals surface area (Å²) in [5.41, 5.74) is 2.94. The van der Waals surface area contributed by atoms with Gasteiger partial charge in [-0.1, -0.05) is 23.7 Å². The van der Waals surface area contributed by atoms with E-state index in [-0.39, 0.29) is 0 Å². The third kappa shape index (κ3) is 2.78.